The van der Waals surface area contributed by atoms with Crippen molar-refractivity contribution >= 4 is 23.3 Å². The molecule has 2 atom stereocenters. The van der Waals surface area contributed by atoms with Crippen molar-refractivity contribution in [3.8, 4) is 0 Å². The highest BCUT2D eigenvalue weighted by molar-refractivity contribution is 6.39. The highest BCUT2D eigenvalue weighted by atomic mass is 16.5. The summed E-state index contributed by atoms with van der Waals surface area (Å²) in [5.74, 6) is -0.476. The molecule has 0 radical (unpaired) electrons. The molecule has 0 aromatic heterocycles. The van der Waals surface area contributed by atoms with Crippen LogP contribution in [0.2, 0.25) is 0 Å². The molecule has 0 fully saturated rings. The first-order valence-corrected chi connectivity index (χ1v) is 7.06. The van der Waals surface area contributed by atoms with Crippen molar-refractivity contribution < 1.29 is 14.3 Å². The van der Waals surface area contributed by atoms with Crippen molar-refractivity contribution in [3.05, 3.63) is 30.3 Å². The first-order valence-electron chi connectivity index (χ1n) is 7.06. The second-order valence-corrected chi connectivity index (χ2v) is 5.10. The lowest BCUT2D eigenvalue weighted by Crippen LogP contribution is -2.58. The van der Waals surface area contributed by atoms with E-state index in [2.05, 4.69) is 15.7 Å². The van der Waals surface area contributed by atoms with Gasteiger partial charge in [0.25, 0.3) is 11.8 Å². The van der Waals surface area contributed by atoms with Gasteiger partial charge in [-0.25, -0.2) is 10.0 Å². The minimum atomic E-state index is -0.625. The van der Waals surface area contributed by atoms with Crippen LogP contribution in [0.4, 0.5) is 5.69 Å². The fourth-order valence-corrected chi connectivity index (χ4v) is 2.09. The van der Waals surface area contributed by atoms with Gasteiger partial charge in [0, 0.05) is 13.2 Å². The molecule has 1 aromatic carbocycles. The van der Waals surface area contributed by atoms with Gasteiger partial charge in [-0.3, -0.25) is 15.0 Å². The molecular formula is C15H20N4O3. The molecule has 1 heterocycles. The minimum absolute atomic E-state index is 0.110. The van der Waals surface area contributed by atoms with Gasteiger partial charge in [0.05, 0.1) is 12.3 Å². The highest BCUT2D eigenvalue weighted by Crippen LogP contribution is 2.15. The number of para-hydroxylation sites is 1. The van der Waals surface area contributed by atoms with Gasteiger partial charge in [-0.15, -0.1) is 0 Å². The second-order valence-electron chi connectivity index (χ2n) is 5.10. The Hall–Kier alpha value is -2.41. The molecule has 0 aliphatic carbocycles. The summed E-state index contributed by atoms with van der Waals surface area (Å²) in [6.45, 7) is 3.88. The van der Waals surface area contributed by atoms with Gasteiger partial charge in [0.15, 0.2) is 0 Å². The Bertz CT molecular complexity index is 573. The van der Waals surface area contributed by atoms with Crippen LogP contribution in [0.1, 0.15) is 13.8 Å². The van der Waals surface area contributed by atoms with E-state index in [1.807, 2.05) is 25.1 Å². The molecule has 0 saturated carbocycles. The smallest absolute Gasteiger partial charge is 0.288 e. The molecule has 2 rings (SSSR count). The van der Waals surface area contributed by atoms with Crippen molar-refractivity contribution in [2.45, 2.75) is 25.9 Å². The van der Waals surface area contributed by atoms with E-state index < -0.39 is 6.04 Å². The molecule has 7 nitrogen and oxygen atoms in total. The van der Waals surface area contributed by atoms with Crippen molar-refractivity contribution in [1.82, 2.24) is 10.7 Å². The number of amides is 2. The fraction of sp³-hybridized carbons (Fsp3) is 0.400. The van der Waals surface area contributed by atoms with Crippen molar-refractivity contribution in [2.75, 3.05) is 18.7 Å². The Morgan fingerprint density at radius 1 is 1.45 bits per heavy atom. The van der Waals surface area contributed by atoms with Crippen molar-refractivity contribution in [1.29, 1.82) is 0 Å². The summed E-state index contributed by atoms with van der Waals surface area (Å²) < 4.78 is 4.98. The van der Waals surface area contributed by atoms with Gasteiger partial charge in [0.2, 0.25) is 5.84 Å². The van der Waals surface area contributed by atoms with Gasteiger partial charge in [-0.2, -0.15) is 0 Å². The lowest BCUT2D eigenvalue weighted by molar-refractivity contribution is -0.120. The average Bonchev–Trinajstić information content (AvgIpc) is 2.50. The number of carbonyl (C=O) groups is 2. The third-order valence-electron chi connectivity index (χ3n) is 3.14. The maximum absolute atomic E-state index is 12.2. The topological polar surface area (TPSA) is 83.0 Å². The number of rotatable bonds is 5. The van der Waals surface area contributed by atoms with E-state index in [-0.39, 0.29) is 23.7 Å². The number of hydrogen-bond acceptors (Lipinski definition) is 5. The van der Waals surface area contributed by atoms with Crippen LogP contribution in [0.5, 0.6) is 0 Å². The number of ether oxygens (including phenoxy) is 1. The Morgan fingerprint density at radius 2 is 2.14 bits per heavy atom. The molecule has 2 N–H and O–H groups in total. The van der Waals surface area contributed by atoms with E-state index in [1.54, 1.807) is 26.2 Å². The van der Waals surface area contributed by atoms with E-state index in [0.717, 1.165) is 0 Å². The maximum Gasteiger partial charge on any atom is 0.288 e. The normalized spacial score (nSPS) is 19.2. The molecule has 7 heteroatoms. The average molecular weight is 304 g/mol. The molecule has 1 aliphatic heterocycles. The Balaban J connectivity index is 2.15. The molecule has 118 valence electrons. The van der Waals surface area contributed by atoms with Crippen molar-refractivity contribution in [3.63, 3.8) is 0 Å². The van der Waals surface area contributed by atoms with Crippen LogP contribution >= 0.6 is 0 Å². The molecule has 22 heavy (non-hydrogen) atoms. The minimum Gasteiger partial charge on any atom is -0.383 e. The highest BCUT2D eigenvalue weighted by Gasteiger charge is 2.30. The van der Waals surface area contributed by atoms with Crippen LogP contribution < -0.4 is 15.8 Å². The monoisotopic (exact) mass is 304 g/mol. The number of hydrazine groups is 1. The van der Waals surface area contributed by atoms with Crippen molar-refractivity contribution in [2.24, 2.45) is 4.99 Å². The summed E-state index contributed by atoms with van der Waals surface area (Å²) in [6, 6.07) is 8.29. The third kappa shape index (κ3) is 3.62. The lowest BCUT2D eigenvalue weighted by atomic mass is 10.2. The van der Waals surface area contributed by atoms with E-state index in [1.165, 1.54) is 5.01 Å². The molecule has 0 spiro atoms. The zero-order chi connectivity index (χ0) is 16.1. The summed E-state index contributed by atoms with van der Waals surface area (Å²) in [5, 5.41) is 4.10. The SMILES string of the molecule is COC[C@@H](C)NC(=O)C1=N[C@H](C)C(=O)N(c2ccccc2)N1. The molecular weight excluding hydrogens is 284 g/mol. The Morgan fingerprint density at radius 3 is 2.77 bits per heavy atom. The van der Waals surface area contributed by atoms with Crippen LogP contribution in [-0.2, 0) is 14.3 Å². The van der Waals surface area contributed by atoms with Crippen LogP contribution in [0.25, 0.3) is 0 Å². The third-order valence-corrected chi connectivity index (χ3v) is 3.14. The van der Waals surface area contributed by atoms with Crippen LogP contribution in [0.15, 0.2) is 35.3 Å². The van der Waals surface area contributed by atoms with E-state index >= 15 is 0 Å². The zero-order valence-corrected chi connectivity index (χ0v) is 12.9. The first kappa shape index (κ1) is 16.0. The van der Waals surface area contributed by atoms with E-state index in [9.17, 15) is 9.59 Å². The number of nitrogens with one attached hydrogen (secondary N) is 2. The number of aliphatic imine (C=N–C) groups is 1. The number of nitrogens with zero attached hydrogens (tertiary/aromatic N) is 2. The summed E-state index contributed by atoms with van der Waals surface area (Å²) in [4.78, 5) is 28.6. The van der Waals surface area contributed by atoms with Crippen LogP contribution in [0.3, 0.4) is 0 Å². The summed E-state index contributed by atoms with van der Waals surface area (Å²) >= 11 is 0. The van der Waals surface area contributed by atoms with E-state index in [0.29, 0.717) is 12.3 Å². The fourth-order valence-electron chi connectivity index (χ4n) is 2.09. The summed E-state index contributed by atoms with van der Waals surface area (Å²) in [7, 11) is 1.57. The molecule has 1 aromatic rings. The van der Waals surface area contributed by atoms with E-state index in [4.69, 9.17) is 4.74 Å². The molecule has 2 amide bonds. The number of anilines is 1. The number of carbonyl (C=O) groups excluding carboxylic acids is 2. The van der Waals surface area contributed by atoms with Gasteiger partial charge in [-0.05, 0) is 26.0 Å². The first-order chi connectivity index (χ1) is 10.5. The Kier molecular flexibility index (Phi) is 5.11. The van der Waals surface area contributed by atoms with Gasteiger partial charge < -0.3 is 10.1 Å². The molecule has 0 unspecified atom stereocenters. The number of hydrogen-bond donors (Lipinski definition) is 2. The standard InChI is InChI=1S/C15H20N4O3/c1-10(9-22-3)16-14(20)13-17-11(2)15(21)19(18-13)12-7-5-4-6-8-12/h4-8,10-11H,9H2,1-3H3,(H,16,20)(H,17,18)/t10-,11-/m1/s1. The number of benzene rings is 1. The molecule has 0 saturated heterocycles. The maximum atomic E-state index is 12.2. The van der Waals surface area contributed by atoms with Gasteiger partial charge in [0.1, 0.15) is 6.04 Å². The summed E-state index contributed by atoms with van der Waals surface area (Å²) in [6.07, 6.45) is 0. The number of amidine groups is 1. The van der Waals surface area contributed by atoms with Gasteiger partial charge in [-0.1, -0.05) is 18.2 Å². The predicted molar refractivity (Wildman–Crippen MR) is 83.4 cm³/mol. The quantitative estimate of drug-likeness (QED) is 0.828. The summed E-state index contributed by atoms with van der Waals surface area (Å²) in [5.41, 5.74) is 3.44. The largest absolute Gasteiger partial charge is 0.383 e. The molecule has 0 bridgehead atoms. The zero-order valence-electron chi connectivity index (χ0n) is 12.9. The van der Waals surface area contributed by atoms with Crippen LogP contribution in [0, 0.1) is 0 Å². The predicted octanol–water partition coefficient (Wildman–Crippen LogP) is 0.476. The second kappa shape index (κ2) is 7.04. The Labute approximate surface area is 129 Å². The number of methoxy groups -OCH3 is 1. The van der Waals surface area contributed by atoms with Crippen LogP contribution in [-0.4, -0.2) is 43.5 Å². The lowest BCUT2D eigenvalue weighted by Gasteiger charge is -2.30. The molecule has 1 aliphatic rings. The van der Waals surface area contributed by atoms with Gasteiger partial charge >= 0.3 is 0 Å².